The maximum absolute atomic E-state index is 14.2. The van der Waals surface area contributed by atoms with Gasteiger partial charge >= 0.3 is 12.1 Å². The molecule has 0 N–H and O–H groups in total. The van der Waals surface area contributed by atoms with E-state index >= 15 is 0 Å². The van der Waals surface area contributed by atoms with E-state index in [-0.39, 0.29) is 0 Å². The predicted octanol–water partition coefficient (Wildman–Crippen LogP) is 5.81. The highest BCUT2D eigenvalue weighted by atomic mass is 35.5. The molecule has 10 heteroatoms. The largest absolute Gasteiger partial charge is 0.460 e. The summed E-state index contributed by atoms with van der Waals surface area (Å²) in [6, 6.07) is 0. The Labute approximate surface area is 173 Å². The number of hydrogen-bond donors (Lipinski definition) is 0. The number of benzene rings is 1. The van der Waals surface area contributed by atoms with E-state index in [0.717, 1.165) is 0 Å². The summed E-state index contributed by atoms with van der Waals surface area (Å²) in [5.41, 5.74) is -3.01. The summed E-state index contributed by atoms with van der Waals surface area (Å²) in [7, 11) is 0. The van der Waals surface area contributed by atoms with Gasteiger partial charge in [-0.25, -0.2) is 17.6 Å². The van der Waals surface area contributed by atoms with Crippen LogP contribution in [0.15, 0.2) is 11.1 Å². The van der Waals surface area contributed by atoms with Crippen molar-refractivity contribution in [3.05, 3.63) is 45.5 Å². The number of rotatable bonds is 5. The molecule has 1 aliphatic carbocycles. The smallest absolute Gasteiger partial charge is 0.426 e. The van der Waals surface area contributed by atoms with Crippen LogP contribution in [0.3, 0.4) is 0 Å². The first-order valence-electron chi connectivity index (χ1n) is 8.59. The molecule has 0 heterocycles. The van der Waals surface area contributed by atoms with E-state index in [1.54, 1.807) is 0 Å². The molecule has 0 unspecified atom stereocenters. The SMILES string of the molecule is CC#CCc1c(F)c(F)c(COC(=O)[C@H]2[C@@H](C=C(Cl)C(F)(F)F)C2(C)C)c(F)c1F. The molecule has 1 saturated carbocycles. The molecule has 0 amide bonds. The minimum Gasteiger partial charge on any atom is -0.460 e. The van der Waals surface area contributed by atoms with E-state index in [1.807, 2.05) is 0 Å². The van der Waals surface area contributed by atoms with Crippen LogP contribution in [0.5, 0.6) is 0 Å². The molecule has 30 heavy (non-hydrogen) atoms. The lowest BCUT2D eigenvalue weighted by molar-refractivity contribution is -0.147. The number of hydrogen-bond acceptors (Lipinski definition) is 2. The fourth-order valence-electron chi connectivity index (χ4n) is 3.11. The molecular formula is C20H16ClF7O2. The Bertz CT molecular complexity index is 926. The van der Waals surface area contributed by atoms with Crippen molar-refractivity contribution >= 4 is 17.6 Å². The van der Waals surface area contributed by atoms with Crippen LogP contribution in [0.25, 0.3) is 0 Å². The van der Waals surface area contributed by atoms with Crippen molar-refractivity contribution in [3.8, 4) is 11.8 Å². The van der Waals surface area contributed by atoms with Crippen LogP contribution in [-0.2, 0) is 22.6 Å². The van der Waals surface area contributed by atoms with Crippen molar-refractivity contribution in [2.45, 2.75) is 40.0 Å². The van der Waals surface area contributed by atoms with Crippen LogP contribution in [0.4, 0.5) is 30.7 Å². The number of carbonyl (C=O) groups excluding carboxylic acids is 1. The predicted molar refractivity (Wildman–Crippen MR) is 94.0 cm³/mol. The molecule has 1 fully saturated rings. The summed E-state index contributed by atoms with van der Waals surface area (Å²) in [5, 5.41) is -1.41. The average molecular weight is 457 g/mol. The maximum atomic E-state index is 14.2. The number of carbonyl (C=O) groups is 1. The first-order chi connectivity index (χ1) is 13.7. The van der Waals surface area contributed by atoms with E-state index in [1.165, 1.54) is 20.8 Å². The molecule has 0 saturated heterocycles. The fourth-order valence-corrected chi connectivity index (χ4v) is 3.24. The van der Waals surface area contributed by atoms with Gasteiger partial charge in [0.2, 0.25) is 0 Å². The van der Waals surface area contributed by atoms with E-state index in [2.05, 4.69) is 11.8 Å². The van der Waals surface area contributed by atoms with Crippen molar-refractivity contribution in [2.75, 3.05) is 0 Å². The number of ether oxygens (including phenoxy) is 1. The number of halogens is 8. The van der Waals surface area contributed by atoms with Crippen LogP contribution >= 0.6 is 11.6 Å². The Hall–Kier alpha value is -2.21. The van der Waals surface area contributed by atoms with Gasteiger partial charge in [0.15, 0.2) is 23.3 Å². The standard InChI is InChI=1S/C20H16ClF7O2/c1-4-5-6-9-14(22)16(24)10(17(25)15(9)23)8-30-18(29)13-11(19(13,2)3)7-12(21)20(26,27)28/h7,11,13H,6,8H2,1-3H3/t11-,13-/m1/s1. The molecule has 164 valence electrons. The second-order valence-corrected chi connectivity index (χ2v) is 7.67. The quantitative estimate of drug-likeness (QED) is 0.242. The van der Waals surface area contributed by atoms with Gasteiger partial charge in [-0.05, 0) is 18.3 Å². The van der Waals surface area contributed by atoms with Crippen molar-refractivity contribution in [1.29, 1.82) is 0 Å². The molecule has 0 radical (unpaired) electrons. The van der Waals surface area contributed by atoms with Gasteiger partial charge < -0.3 is 4.74 Å². The topological polar surface area (TPSA) is 26.3 Å². The third kappa shape index (κ3) is 4.59. The zero-order valence-corrected chi connectivity index (χ0v) is 16.7. The zero-order valence-electron chi connectivity index (χ0n) is 16.0. The highest BCUT2D eigenvalue weighted by molar-refractivity contribution is 6.30. The molecule has 1 aliphatic rings. The van der Waals surface area contributed by atoms with Gasteiger partial charge in [-0.15, -0.1) is 5.92 Å². The van der Waals surface area contributed by atoms with Gasteiger partial charge in [0.25, 0.3) is 0 Å². The number of alkyl halides is 3. The molecule has 2 atom stereocenters. The number of allylic oxidation sites excluding steroid dienone is 2. The van der Waals surface area contributed by atoms with Crippen molar-refractivity contribution in [2.24, 2.45) is 17.3 Å². The van der Waals surface area contributed by atoms with E-state index in [9.17, 15) is 35.5 Å². The molecule has 0 bridgehead atoms. The first kappa shape index (κ1) is 24.1. The van der Waals surface area contributed by atoms with Crippen LogP contribution in [0.1, 0.15) is 31.9 Å². The van der Waals surface area contributed by atoms with Gasteiger partial charge in [0, 0.05) is 12.0 Å². The van der Waals surface area contributed by atoms with E-state index in [4.69, 9.17) is 16.3 Å². The maximum Gasteiger partial charge on any atom is 0.426 e. The molecule has 1 aromatic carbocycles. The molecular weight excluding hydrogens is 441 g/mol. The van der Waals surface area contributed by atoms with Crippen molar-refractivity contribution in [3.63, 3.8) is 0 Å². The molecule has 2 nitrogen and oxygen atoms in total. The average Bonchev–Trinajstić information content (AvgIpc) is 3.19. The Balaban J connectivity index is 2.20. The third-order valence-corrected chi connectivity index (χ3v) is 5.35. The van der Waals surface area contributed by atoms with Crippen molar-refractivity contribution in [1.82, 2.24) is 0 Å². The summed E-state index contributed by atoms with van der Waals surface area (Å²) < 4.78 is 98.9. The normalized spacial score (nSPS) is 20.4. The minimum atomic E-state index is -4.79. The summed E-state index contributed by atoms with van der Waals surface area (Å²) in [5.74, 6) is -5.25. The third-order valence-electron chi connectivity index (χ3n) is 5.01. The van der Waals surface area contributed by atoms with E-state index < -0.39 is 81.9 Å². The summed E-state index contributed by atoms with van der Waals surface area (Å²) >= 11 is 5.18. The molecule has 2 rings (SSSR count). The summed E-state index contributed by atoms with van der Waals surface area (Å²) in [6.07, 6.45) is -4.69. The lowest BCUT2D eigenvalue weighted by Crippen LogP contribution is -2.15. The van der Waals surface area contributed by atoms with Crippen molar-refractivity contribution < 1.29 is 40.3 Å². The molecule has 0 aromatic heterocycles. The lowest BCUT2D eigenvalue weighted by Gasteiger charge is -2.11. The van der Waals surface area contributed by atoms with Crippen LogP contribution in [0, 0.1) is 52.4 Å². The summed E-state index contributed by atoms with van der Waals surface area (Å²) in [4.78, 5) is 12.2. The fraction of sp³-hybridized carbons (Fsp3) is 0.450. The first-order valence-corrected chi connectivity index (χ1v) is 8.97. The highest BCUT2D eigenvalue weighted by Gasteiger charge is 2.62. The zero-order chi connectivity index (χ0) is 23.0. The molecule has 0 aliphatic heterocycles. The van der Waals surface area contributed by atoms with Gasteiger partial charge in [-0.1, -0.05) is 37.4 Å². The second kappa shape index (κ2) is 8.50. The monoisotopic (exact) mass is 456 g/mol. The number of esters is 1. The molecule has 1 aromatic rings. The Morgan fingerprint density at radius 3 is 2.07 bits per heavy atom. The van der Waals surface area contributed by atoms with E-state index in [0.29, 0.717) is 6.08 Å². The van der Waals surface area contributed by atoms with Gasteiger partial charge in [-0.2, -0.15) is 13.2 Å². The Kier molecular flexibility index (Phi) is 6.82. The highest BCUT2D eigenvalue weighted by Crippen LogP contribution is 2.60. The van der Waals surface area contributed by atoms with Gasteiger partial charge in [0.05, 0.1) is 11.5 Å². The van der Waals surface area contributed by atoms with Crippen LogP contribution in [-0.4, -0.2) is 12.1 Å². The second-order valence-electron chi connectivity index (χ2n) is 7.26. The summed E-state index contributed by atoms with van der Waals surface area (Å²) in [6.45, 7) is 3.19. The van der Waals surface area contributed by atoms with Gasteiger partial charge in [-0.3, -0.25) is 4.79 Å². The van der Waals surface area contributed by atoms with Crippen LogP contribution < -0.4 is 0 Å². The lowest BCUT2D eigenvalue weighted by atomic mass is 10.1. The minimum absolute atomic E-state index is 0.563. The van der Waals surface area contributed by atoms with Crippen LogP contribution in [0.2, 0.25) is 0 Å². The van der Waals surface area contributed by atoms with Gasteiger partial charge in [0.1, 0.15) is 11.6 Å². The molecule has 0 spiro atoms. The Morgan fingerprint density at radius 2 is 1.60 bits per heavy atom. The Morgan fingerprint density at radius 1 is 1.10 bits per heavy atom.